The highest BCUT2D eigenvalue weighted by molar-refractivity contribution is 6.30. The number of hydrogen-bond donors (Lipinski definition) is 2. The molecule has 0 saturated carbocycles. The van der Waals surface area contributed by atoms with Crippen LogP contribution >= 0.6 is 11.6 Å². The summed E-state index contributed by atoms with van der Waals surface area (Å²) in [5, 5.41) is 7.19. The van der Waals surface area contributed by atoms with Crippen LogP contribution in [0.3, 0.4) is 0 Å². The Hall–Kier alpha value is -3.66. The van der Waals surface area contributed by atoms with Crippen LogP contribution in [0.1, 0.15) is 22.7 Å². The van der Waals surface area contributed by atoms with Crippen LogP contribution in [0, 0.1) is 0 Å². The number of fused-ring (bicyclic) bond motifs is 1. The lowest BCUT2D eigenvalue weighted by atomic mass is 10.1. The van der Waals surface area contributed by atoms with Crippen molar-refractivity contribution in [1.29, 1.82) is 0 Å². The Labute approximate surface area is 180 Å². The van der Waals surface area contributed by atoms with Crippen molar-refractivity contribution < 1.29 is 9.32 Å². The van der Waals surface area contributed by atoms with Gasteiger partial charge in [0.1, 0.15) is 11.3 Å². The van der Waals surface area contributed by atoms with Gasteiger partial charge in [-0.05, 0) is 30.7 Å². The van der Waals surface area contributed by atoms with E-state index in [0.29, 0.717) is 41.6 Å². The molecule has 11 heteroatoms. The number of aromatic amines is 1. The van der Waals surface area contributed by atoms with Crippen LogP contribution in [0.25, 0.3) is 22.5 Å². The molecule has 4 rings (SSSR count). The van der Waals surface area contributed by atoms with E-state index in [1.54, 1.807) is 37.4 Å². The molecule has 0 atom stereocenters. The average Bonchev–Trinajstić information content (AvgIpc) is 3.42. The number of imidazole rings is 1. The van der Waals surface area contributed by atoms with Crippen LogP contribution in [0.5, 0.6) is 0 Å². The van der Waals surface area contributed by atoms with Gasteiger partial charge in [0.25, 0.3) is 11.5 Å². The van der Waals surface area contributed by atoms with Crippen molar-refractivity contribution >= 4 is 28.7 Å². The summed E-state index contributed by atoms with van der Waals surface area (Å²) in [6.45, 7) is 0.371. The first-order valence-corrected chi connectivity index (χ1v) is 9.88. The Morgan fingerprint density at radius 1 is 1.19 bits per heavy atom. The van der Waals surface area contributed by atoms with Crippen molar-refractivity contribution in [2.45, 2.75) is 12.8 Å². The fourth-order valence-corrected chi connectivity index (χ4v) is 3.30. The molecule has 3 aromatic heterocycles. The number of H-pyrrole nitrogens is 1. The molecule has 160 valence electrons. The molecule has 0 aliphatic carbocycles. The molecular weight excluding hydrogens is 424 g/mol. The molecule has 0 unspecified atom stereocenters. The average molecular weight is 443 g/mol. The summed E-state index contributed by atoms with van der Waals surface area (Å²) in [6, 6.07) is 8.58. The number of carbonyl (C=O) groups excluding carboxylic acids is 1. The predicted octanol–water partition coefficient (Wildman–Crippen LogP) is 1.63. The quantitative estimate of drug-likeness (QED) is 0.437. The van der Waals surface area contributed by atoms with Gasteiger partial charge in [0.2, 0.25) is 0 Å². The molecule has 0 saturated heterocycles. The van der Waals surface area contributed by atoms with E-state index in [1.807, 2.05) is 0 Å². The van der Waals surface area contributed by atoms with Crippen LogP contribution in [-0.2, 0) is 20.5 Å². The second-order valence-electron chi connectivity index (χ2n) is 7.03. The molecule has 0 aliphatic rings. The standard InChI is InChI=1S/C20H19ClN6O4/c1-26-17-16(19(29)27(2)20(26)30)23-15(24-17)4-3-9-22-18(28)13-10-14(31-25-13)11-5-7-12(21)8-6-11/h5-8,10H,3-4,9H2,1-2H3,(H,22,28)(H,23,24). The maximum absolute atomic E-state index is 12.3. The highest BCUT2D eigenvalue weighted by Gasteiger charge is 2.15. The maximum Gasteiger partial charge on any atom is 0.332 e. The zero-order valence-corrected chi connectivity index (χ0v) is 17.6. The zero-order valence-electron chi connectivity index (χ0n) is 16.8. The molecule has 0 fully saturated rings. The van der Waals surface area contributed by atoms with E-state index in [4.69, 9.17) is 16.1 Å². The minimum absolute atomic E-state index is 0.173. The van der Waals surface area contributed by atoms with E-state index in [-0.39, 0.29) is 17.1 Å². The first kappa shape index (κ1) is 20.6. The normalized spacial score (nSPS) is 11.2. The van der Waals surface area contributed by atoms with E-state index in [0.717, 1.165) is 10.1 Å². The molecule has 0 radical (unpaired) electrons. The summed E-state index contributed by atoms with van der Waals surface area (Å²) in [5.41, 5.74) is 0.667. The summed E-state index contributed by atoms with van der Waals surface area (Å²) >= 11 is 5.87. The fourth-order valence-electron chi connectivity index (χ4n) is 3.17. The Kier molecular flexibility index (Phi) is 5.47. The second-order valence-corrected chi connectivity index (χ2v) is 7.47. The minimum Gasteiger partial charge on any atom is -0.355 e. The first-order chi connectivity index (χ1) is 14.8. The predicted molar refractivity (Wildman–Crippen MR) is 114 cm³/mol. The molecule has 31 heavy (non-hydrogen) atoms. The molecule has 4 aromatic rings. The summed E-state index contributed by atoms with van der Waals surface area (Å²) in [7, 11) is 2.98. The van der Waals surface area contributed by atoms with E-state index in [1.165, 1.54) is 11.6 Å². The second kappa shape index (κ2) is 8.23. The molecular formula is C20H19ClN6O4. The van der Waals surface area contributed by atoms with Gasteiger partial charge in [0, 0.05) is 43.7 Å². The zero-order chi connectivity index (χ0) is 22.1. The molecule has 2 N–H and O–H groups in total. The van der Waals surface area contributed by atoms with Crippen LogP contribution in [0.4, 0.5) is 0 Å². The minimum atomic E-state index is -0.437. The third kappa shape index (κ3) is 4.02. The molecule has 0 aliphatic heterocycles. The van der Waals surface area contributed by atoms with E-state index in [9.17, 15) is 14.4 Å². The van der Waals surface area contributed by atoms with Gasteiger partial charge in [-0.2, -0.15) is 0 Å². The van der Waals surface area contributed by atoms with Crippen LogP contribution < -0.4 is 16.6 Å². The number of aryl methyl sites for hydroxylation is 2. The monoisotopic (exact) mass is 442 g/mol. The van der Waals surface area contributed by atoms with Crippen LogP contribution in [0.2, 0.25) is 5.02 Å². The SMILES string of the molecule is Cn1c(=O)c2[nH]c(CCCNC(=O)c3cc(-c4ccc(Cl)cc4)on3)nc2n(C)c1=O. The van der Waals surface area contributed by atoms with Gasteiger partial charge in [-0.25, -0.2) is 9.78 Å². The van der Waals surface area contributed by atoms with Gasteiger partial charge >= 0.3 is 5.69 Å². The molecule has 3 heterocycles. The van der Waals surface area contributed by atoms with E-state index >= 15 is 0 Å². The molecule has 0 spiro atoms. The number of nitrogens with zero attached hydrogens (tertiary/aromatic N) is 4. The van der Waals surface area contributed by atoms with Crippen molar-refractivity contribution in [3.63, 3.8) is 0 Å². The van der Waals surface area contributed by atoms with Gasteiger partial charge in [0.15, 0.2) is 17.1 Å². The number of halogens is 1. The van der Waals surface area contributed by atoms with Gasteiger partial charge in [-0.15, -0.1) is 0 Å². The Bertz CT molecular complexity index is 1380. The first-order valence-electron chi connectivity index (χ1n) is 9.50. The number of carbonyl (C=O) groups is 1. The number of aromatic nitrogens is 5. The maximum atomic E-state index is 12.3. The van der Waals surface area contributed by atoms with Crippen LogP contribution in [0.15, 0.2) is 44.4 Å². The molecule has 1 aromatic carbocycles. The molecule has 10 nitrogen and oxygen atoms in total. The van der Waals surface area contributed by atoms with Gasteiger partial charge in [-0.1, -0.05) is 16.8 Å². The Morgan fingerprint density at radius 2 is 1.94 bits per heavy atom. The van der Waals surface area contributed by atoms with Crippen molar-refractivity contribution in [1.82, 2.24) is 29.6 Å². The third-order valence-corrected chi connectivity index (χ3v) is 5.14. The van der Waals surface area contributed by atoms with Gasteiger partial charge in [-0.3, -0.25) is 18.7 Å². The highest BCUT2D eigenvalue weighted by Crippen LogP contribution is 2.22. The summed E-state index contributed by atoms with van der Waals surface area (Å²) in [5.74, 6) is 0.676. The lowest BCUT2D eigenvalue weighted by Gasteiger charge is -2.01. The topological polar surface area (TPSA) is 128 Å². The van der Waals surface area contributed by atoms with E-state index < -0.39 is 11.2 Å². The number of nitrogens with one attached hydrogen (secondary N) is 2. The summed E-state index contributed by atoms with van der Waals surface area (Å²) in [4.78, 5) is 43.8. The smallest absolute Gasteiger partial charge is 0.332 e. The van der Waals surface area contributed by atoms with Crippen LogP contribution in [-0.4, -0.2) is 36.7 Å². The number of benzene rings is 1. The van der Waals surface area contributed by atoms with Gasteiger partial charge in [0.05, 0.1) is 0 Å². The molecule has 1 amide bonds. The molecule has 0 bridgehead atoms. The lowest BCUT2D eigenvalue weighted by Crippen LogP contribution is -2.36. The van der Waals surface area contributed by atoms with Gasteiger partial charge < -0.3 is 14.8 Å². The lowest BCUT2D eigenvalue weighted by molar-refractivity contribution is 0.0944. The van der Waals surface area contributed by atoms with Crippen molar-refractivity contribution in [3.05, 3.63) is 67.7 Å². The third-order valence-electron chi connectivity index (χ3n) is 4.89. The van der Waals surface area contributed by atoms with Crippen molar-refractivity contribution in [2.75, 3.05) is 6.54 Å². The number of rotatable bonds is 6. The fraction of sp³-hybridized carbons (Fsp3) is 0.250. The number of hydrogen-bond acceptors (Lipinski definition) is 6. The Balaban J connectivity index is 1.36. The van der Waals surface area contributed by atoms with E-state index in [2.05, 4.69) is 20.4 Å². The largest absolute Gasteiger partial charge is 0.355 e. The summed E-state index contributed by atoms with van der Waals surface area (Å²) < 4.78 is 7.58. The highest BCUT2D eigenvalue weighted by atomic mass is 35.5. The summed E-state index contributed by atoms with van der Waals surface area (Å²) in [6.07, 6.45) is 1.06. The van der Waals surface area contributed by atoms with Crippen molar-refractivity contribution in [2.24, 2.45) is 14.1 Å². The van der Waals surface area contributed by atoms with Crippen molar-refractivity contribution in [3.8, 4) is 11.3 Å². The number of amides is 1. The Morgan fingerprint density at radius 3 is 2.68 bits per heavy atom.